The minimum atomic E-state index is 0.660. The Labute approximate surface area is 115 Å². The molecule has 0 radical (unpaired) electrons. The number of imidazole rings is 1. The normalized spacial score (nSPS) is 11.0. The highest BCUT2D eigenvalue weighted by Gasteiger charge is 2.10. The first kappa shape index (κ1) is 11.5. The van der Waals surface area contributed by atoms with Gasteiger partial charge in [-0.25, -0.2) is 0 Å². The largest absolute Gasteiger partial charge is 0.330 e. The van der Waals surface area contributed by atoms with E-state index in [1.165, 1.54) is 0 Å². The predicted molar refractivity (Wildman–Crippen MR) is 78.2 cm³/mol. The van der Waals surface area contributed by atoms with E-state index in [0.29, 0.717) is 9.79 Å². The van der Waals surface area contributed by atoms with Crippen LogP contribution in [0.1, 0.15) is 5.56 Å². The topological polar surface area (TPSA) is 20.7 Å². The van der Waals surface area contributed by atoms with Gasteiger partial charge >= 0.3 is 0 Å². The average Bonchev–Trinajstić information content (AvgIpc) is 2.68. The summed E-state index contributed by atoms with van der Waals surface area (Å²) in [5.74, 6) is 0. The van der Waals surface area contributed by atoms with Crippen molar-refractivity contribution in [2.75, 3.05) is 0 Å². The van der Waals surface area contributed by atoms with Gasteiger partial charge < -0.3 is 4.98 Å². The van der Waals surface area contributed by atoms with E-state index < -0.39 is 0 Å². The van der Waals surface area contributed by atoms with Crippen LogP contribution in [0, 0.1) is 11.7 Å². The van der Waals surface area contributed by atoms with Crippen molar-refractivity contribution >= 4 is 34.9 Å². The van der Waals surface area contributed by atoms with Gasteiger partial charge in [-0.15, -0.1) is 0 Å². The second kappa shape index (κ2) is 4.26. The van der Waals surface area contributed by atoms with E-state index in [9.17, 15) is 0 Å². The van der Waals surface area contributed by atoms with Crippen molar-refractivity contribution in [1.82, 2.24) is 9.55 Å². The van der Waals surface area contributed by atoms with E-state index >= 15 is 0 Å². The molecule has 0 bridgehead atoms. The number of fused-ring (bicyclic) bond motifs is 1. The van der Waals surface area contributed by atoms with E-state index in [4.69, 9.17) is 23.8 Å². The molecule has 0 saturated carbocycles. The van der Waals surface area contributed by atoms with Crippen molar-refractivity contribution in [3.63, 3.8) is 0 Å². The molecule has 0 aliphatic heterocycles. The molecule has 1 aromatic heterocycles. The molecule has 0 amide bonds. The third-order valence-corrected chi connectivity index (χ3v) is 3.60. The van der Waals surface area contributed by atoms with Crippen LogP contribution >= 0.6 is 23.8 Å². The van der Waals surface area contributed by atoms with Crippen LogP contribution in [-0.2, 0) is 0 Å². The number of nitrogens with zero attached hydrogens (tertiary/aromatic N) is 1. The molecule has 1 N–H and O–H groups in total. The molecule has 3 rings (SSSR count). The quantitative estimate of drug-likeness (QED) is 0.641. The van der Waals surface area contributed by atoms with Crippen molar-refractivity contribution < 1.29 is 0 Å². The summed E-state index contributed by atoms with van der Waals surface area (Å²) >= 11 is 11.7. The first-order valence-corrected chi connectivity index (χ1v) is 6.42. The third-order valence-electron chi connectivity index (χ3n) is 3.01. The lowest BCUT2D eigenvalue weighted by Gasteiger charge is -2.08. The molecular weight excluding hydrogens is 264 g/mol. The lowest BCUT2D eigenvalue weighted by atomic mass is 10.2. The second-order valence-corrected chi connectivity index (χ2v) is 4.98. The molecule has 4 heteroatoms. The van der Waals surface area contributed by atoms with Gasteiger partial charge in [-0.2, -0.15) is 0 Å². The zero-order valence-corrected chi connectivity index (χ0v) is 11.3. The Morgan fingerprint density at radius 1 is 1.11 bits per heavy atom. The third kappa shape index (κ3) is 1.67. The Morgan fingerprint density at radius 3 is 2.67 bits per heavy atom. The van der Waals surface area contributed by atoms with E-state index in [1.54, 1.807) is 0 Å². The fourth-order valence-corrected chi connectivity index (χ4v) is 2.72. The van der Waals surface area contributed by atoms with Crippen molar-refractivity contribution in [2.45, 2.75) is 6.92 Å². The predicted octanol–water partition coefficient (Wildman–Crippen LogP) is 4.65. The van der Waals surface area contributed by atoms with Gasteiger partial charge in [-0.05, 0) is 42.9 Å². The molecule has 0 fully saturated rings. The minimum Gasteiger partial charge on any atom is -0.330 e. The van der Waals surface area contributed by atoms with Crippen LogP contribution in [0.2, 0.25) is 5.02 Å². The Hall–Kier alpha value is -1.58. The highest BCUT2D eigenvalue weighted by Crippen LogP contribution is 2.27. The van der Waals surface area contributed by atoms with Crippen molar-refractivity contribution in [3.8, 4) is 5.69 Å². The number of nitrogens with one attached hydrogen (secondary N) is 1. The van der Waals surface area contributed by atoms with Crippen molar-refractivity contribution in [1.29, 1.82) is 0 Å². The number of aromatic amines is 1. The summed E-state index contributed by atoms with van der Waals surface area (Å²) in [4.78, 5) is 3.19. The molecule has 0 unspecified atom stereocenters. The molecule has 0 aliphatic carbocycles. The average molecular weight is 275 g/mol. The second-order valence-electron chi connectivity index (χ2n) is 4.19. The van der Waals surface area contributed by atoms with Gasteiger partial charge in [0.05, 0.1) is 21.7 Å². The van der Waals surface area contributed by atoms with E-state index in [0.717, 1.165) is 22.3 Å². The minimum absolute atomic E-state index is 0.660. The van der Waals surface area contributed by atoms with Crippen LogP contribution in [0.5, 0.6) is 0 Å². The highest BCUT2D eigenvalue weighted by molar-refractivity contribution is 7.71. The monoisotopic (exact) mass is 274 g/mol. The molecule has 0 saturated heterocycles. The van der Waals surface area contributed by atoms with Crippen LogP contribution in [0.3, 0.4) is 0 Å². The highest BCUT2D eigenvalue weighted by atomic mass is 35.5. The lowest BCUT2D eigenvalue weighted by molar-refractivity contribution is 1.05. The zero-order chi connectivity index (χ0) is 12.7. The first-order valence-electron chi connectivity index (χ1n) is 5.64. The number of para-hydroxylation sites is 2. The molecule has 0 spiro atoms. The molecule has 0 aliphatic rings. The van der Waals surface area contributed by atoms with Gasteiger partial charge in [0.25, 0.3) is 0 Å². The number of H-pyrrole nitrogens is 1. The number of hydrogen-bond acceptors (Lipinski definition) is 1. The van der Waals surface area contributed by atoms with E-state index in [2.05, 4.69) is 18.0 Å². The molecular formula is C14H11ClN2S. The summed E-state index contributed by atoms with van der Waals surface area (Å²) in [5.41, 5.74) is 4.10. The van der Waals surface area contributed by atoms with Gasteiger partial charge in [0.15, 0.2) is 4.77 Å². The molecule has 2 aromatic carbocycles. The van der Waals surface area contributed by atoms with Crippen LogP contribution < -0.4 is 0 Å². The maximum Gasteiger partial charge on any atom is 0.182 e. The maximum atomic E-state index is 6.29. The zero-order valence-electron chi connectivity index (χ0n) is 9.77. The van der Waals surface area contributed by atoms with Crippen LogP contribution in [0.15, 0.2) is 42.5 Å². The smallest absolute Gasteiger partial charge is 0.182 e. The number of rotatable bonds is 1. The van der Waals surface area contributed by atoms with Gasteiger partial charge in [0.2, 0.25) is 0 Å². The molecule has 2 nitrogen and oxygen atoms in total. The van der Waals surface area contributed by atoms with Gasteiger partial charge in [0.1, 0.15) is 0 Å². The summed E-state index contributed by atoms with van der Waals surface area (Å²) in [6, 6.07) is 13.9. The number of hydrogen-bond donors (Lipinski definition) is 1. The van der Waals surface area contributed by atoms with E-state index in [-0.39, 0.29) is 0 Å². The Bertz CT molecular complexity index is 786. The van der Waals surface area contributed by atoms with Crippen molar-refractivity contribution in [3.05, 3.63) is 57.8 Å². The van der Waals surface area contributed by atoms with Gasteiger partial charge in [-0.3, -0.25) is 4.57 Å². The van der Waals surface area contributed by atoms with Crippen LogP contribution in [-0.4, -0.2) is 9.55 Å². The fraction of sp³-hybridized carbons (Fsp3) is 0.0714. The first-order chi connectivity index (χ1) is 8.68. The summed E-state index contributed by atoms with van der Waals surface area (Å²) < 4.78 is 2.65. The Balaban J connectivity index is 2.47. The van der Waals surface area contributed by atoms with Gasteiger partial charge in [-0.1, -0.05) is 35.9 Å². The SMILES string of the molecule is Cc1ccccc1-n1c(=S)[nH]c2cccc(Cl)c21. The summed E-state index contributed by atoms with van der Waals surface area (Å²) in [5, 5.41) is 0.697. The van der Waals surface area contributed by atoms with Crippen molar-refractivity contribution in [2.24, 2.45) is 0 Å². The molecule has 3 aromatic rings. The Morgan fingerprint density at radius 2 is 1.89 bits per heavy atom. The Kier molecular flexibility index (Phi) is 2.73. The molecule has 1 heterocycles. The number of aromatic nitrogens is 2. The number of halogens is 1. The number of benzene rings is 2. The molecule has 90 valence electrons. The number of aryl methyl sites for hydroxylation is 1. The van der Waals surface area contributed by atoms with Crippen LogP contribution in [0.25, 0.3) is 16.7 Å². The standard InChI is InChI=1S/C14H11ClN2S/c1-9-5-2-3-8-12(9)17-13-10(15)6-4-7-11(13)16-14(17)18/h2-8H,1H3,(H,16,18). The van der Waals surface area contributed by atoms with E-state index in [1.807, 2.05) is 41.0 Å². The fourth-order valence-electron chi connectivity index (χ4n) is 2.16. The summed E-state index contributed by atoms with van der Waals surface area (Å²) in [7, 11) is 0. The molecule has 0 atom stereocenters. The van der Waals surface area contributed by atoms with Crippen LogP contribution in [0.4, 0.5) is 0 Å². The lowest BCUT2D eigenvalue weighted by Crippen LogP contribution is -1.96. The summed E-state index contributed by atoms with van der Waals surface area (Å²) in [6.45, 7) is 2.06. The maximum absolute atomic E-state index is 6.29. The summed E-state index contributed by atoms with van der Waals surface area (Å²) in [6.07, 6.45) is 0. The molecule has 18 heavy (non-hydrogen) atoms. The van der Waals surface area contributed by atoms with Gasteiger partial charge in [0, 0.05) is 0 Å².